The first-order valence-corrected chi connectivity index (χ1v) is 9.88. The molecular formula is C19H28N6. The fraction of sp³-hybridized carbons (Fsp3) is 0.737. The molecule has 1 aliphatic carbocycles. The SMILES string of the molecule is Cc1cn[nH]c1CN1CCC2(CC1)CC2c1nnc2n1CCCCC2. The van der Waals surface area contributed by atoms with E-state index in [-0.39, 0.29) is 0 Å². The van der Waals surface area contributed by atoms with Crippen molar-refractivity contribution in [3.63, 3.8) is 0 Å². The summed E-state index contributed by atoms with van der Waals surface area (Å²) in [6.07, 6.45) is 10.9. The number of fused-ring (bicyclic) bond motifs is 1. The number of aryl methyl sites for hydroxylation is 2. The number of rotatable bonds is 3. The van der Waals surface area contributed by atoms with Crippen molar-refractivity contribution in [3.05, 3.63) is 29.1 Å². The Morgan fingerprint density at radius 2 is 2.04 bits per heavy atom. The van der Waals surface area contributed by atoms with Gasteiger partial charge in [0.25, 0.3) is 0 Å². The first-order chi connectivity index (χ1) is 12.3. The Balaban J connectivity index is 1.25. The van der Waals surface area contributed by atoms with Gasteiger partial charge in [-0.25, -0.2) is 0 Å². The Morgan fingerprint density at radius 3 is 2.84 bits per heavy atom. The molecule has 3 aliphatic rings. The molecule has 5 rings (SSSR count). The molecule has 2 aliphatic heterocycles. The van der Waals surface area contributed by atoms with Crippen molar-refractivity contribution < 1.29 is 0 Å². The van der Waals surface area contributed by atoms with E-state index < -0.39 is 0 Å². The van der Waals surface area contributed by atoms with Crippen LogP contribution in [0.1, 0.15) is 67.3 Å². The number of aromatic nitrogens is 5. The van der Waals surface area contributed by atoms with Gasteiger partial charge in [-0.15, -0.1) is 10.2 Å². The van der Waals surface area contributed by atoms with Crippen LogP contribution in [-0.2, 0) is 19.5 Å². The highest BCUT2D eigenvalue weighted by atomic mass is 15.3. The smallest absolute Gasteiger partial charge is 0.136 e. The fourth-order valence-corrected chi connectivity index (χ4v) is 4.94. The van der Waals surface area contributed by atoms with Gasteiger partial charge in [0.05, 0.1) is 11.9 Å². The molecule has 2 fully saturated rings. The number of piperidine rings is 1. The van der Waals surface area contributed by atoms with Gasteiger partial charge in [0.1, 0.15) is 11.6 Å². The molecule has 1 atom stereocenters. The van der Waals surface area contributed by atoms with Crippen LogP contribution in [-0.4, -0.2) is 43.0 Å². The van der Waals surface area contributed by atoms with Crippen LogP contribution in [0.15, 0.2) is 6.20 Å². The average Bonchev–Trinajstić information content (AvgIpc) is 3.06. The lowest BCUT2D eigenvalue weighted by molar-refractivity contribution is 0.159. The molecular weight excluding hydrogens is 312 g/mol. The number of likely N-dealkylation sites (tertiary alicyclic amines) is 1. The molecule has 1 saturated carbocycles. The fourth-order valence-electron chi connectivity index (χ4n) is 4.94. The number of hydrogen-bond acceptors (Lipinski definition) is 4. The van der Waals surface area contributed by atoms with E-state index in [2.05, 4.69) is 36.8 Å². The zero-order valence-electron chi connectivity index (χ0n) is 15.2. The third kappa shape index (κ3) is 2.71. The van der Waals surface area contributed by atoms with Crippen LogP contribution >= 0.6 is 0 Å². The minimum Gasteiger partial charge on any atom is -0.315 e. The number of nitrogens with zero attached hydrogens (tertiary/aromatic N) is 5. The van der Waals surface area contributed by atoms with E-state index in [1.807, 2.05) is 6.20 Å². The monoisotopic (exact) mass is 340 g/mol. The second kappa shape index (κ2) is 5.94. The van der Waals surface area contributed by atoms with Gasteiger partial charge in [-0.2, -0.15) is 5.10 Å². The molecule has 1 saturated heterocycles. The first-order valence-electron chi connectivity index (χ1n) is 9.88. The summed E-state index contributed by atoms with van der Waals surface area (Å²) in [4.78, 5) is 2.57. The maximum atomic E-state index is 4.63. The molecule has 25 heavy (non-hydrogen) atoms. The van der Waals surface area contributed by atoms with Crippen molar-refractivity contribution in [2.45, 2.75) is 70.9 Å². The van der Waals surface area contributed by atoms with Gasteiger partial charge in [0.2, 0.25) is 0 Å². The molecule has 6 nitrogen and oxygen atoms in total. The van der Waals surface area contributed by atoms with Crippen LogP contribution in [0.5, 0.6) is 0 Å². The molecule has 4 heterocycles. The van der Waals surface area contributed by atoms with E-state index in [1.165, 1.54) is 74.5 Å². The van der Waals surface area contributed by atoms with Crippen LogP contribution in [0.25, 0.3) is 0 Å². The van der Waals surface area contributed by atoms with Gasteiger partial charge in [-0.05, 0) is 63.1 Å². The van der Waals surface area contributed by atoms with Crippen LogP contribution in [0.2, 0.25) is 0 Å². The van der Waals surface area contributed by atoms with E-state index in [4.69, 9.17) is 0 Å². The minimum atomic E-state index is 0.510. The first kappa shape index (κ1) is 15.6. The molecule has 0 radical (unpaired) electrons. The maximum absolute atomic E-state index is 4.63. The van der Waals surface area contributed by atoms with Crippen molar-refractivity contribution in [1.29, 1.82) is 0 Å². The van der Waals surface area contributed by atoms with Crippen molar-refractivity contribution in [1.82, 2.24) is 29.9 Å². The molecule has 0 aromatic carbocycles. The molecule has 134 valence electrons. The van der Waals surface area contributed by atoms with E-state index in [0.29, 0.717) is 11.3 Å². The summed E-state index contributed by atoms with van der Waals surface area (Å²) in [5.74, 6) is 3.19. The van der Waals surface area contributed by atoms with E-state index in [1.54, 1.807) is 0 Å². The Morgan fingerprint density at radius 1 is 1.16 bits per heavy atom. The molecule has 1 spiro atoms. The predicted molar refractivity (Wildman–Crippen MR) is 95.2 cm³/mol. The van der Waals surface area contributed by atoms with Crippen molar-refractivity contribution in [2.75, 3.05) is 13.1 Å². The summed E-state index contributed by atoms with van der Waals surface area (Å²) >= 11 is 0. The normalized spacial score (nSPS) is 25.7. The number of aromatic amines is 1. The highest BCUT2D eigenvalue weighted by molar-refractivity contribution is 5.22. The molecule has 6 heteroatoms. The van der Waals surface area contributed by atoms with Gasteiger partial charge in [0, 0.05) is 25.4 Å². The Kier molecular flexibility index (Phi) is 3.69. The molecule has 1 N–H and O–H groups in total. The second-order valence-corrected chi connectivity index (χ2v) is 8.36. The van der Waals surface area contributed by atoms with Crippen molar-refractivity contribution in [3.8, 4) is 0 Å². The van der Waals surface area contributed by atoms with Crippen LogP contribution < -0.4 is 0 Å². The predicted octanol–water partition coefficient (Wildman–Crippen LogP) is 2.81. The number of nitrogens with one attached hydrogen (secondary N) is 1. The molecule has 2 aromatic rings. The van der Waals surface area contributed by atoms with Gasteiger partial charge in [-0.3, -0.25) is 10.00 Å². The van der Waals surface area contributed by atoms with Crippen LogP contribution in [0, 0.1) is 12.3 Å². The van der Waals surface area contributed by atoms with E-state index in [9.17, 15) is 0 Å². The maximum Gasteiger partial charge on any atom is 0.136 e. The van der Waals surface area contributed by atoms with E-state index in [0.717, 1.165) is 19.5 Å². The Labute approximate surface area is 149 Å². The van der Waals surface area contributed by atoms with E-state index >= 15 is 0 Å². The second-order valence-electron chi connectivity index (χ2n) is 8.36. The minimum absolute atomic E-state index is 0.510. The lowest BCUT2D eigenvalue weighted by Crippen LogP contribution is -2.35. The zero-order chi connectivity index (χ0) is 16.9. The molecule has 0 amide bonds. The lowest BCUT2D eigenvalue weighted by Gasteiger charge is -2.32. The third-order valence-corrected chi connectivity index (χ3v) is 6.81. The van der Waals surface area contributed by atoms with Gasteiger partial charge in [0.15, 0.2) is 0 Å². The van der Waals surface area contributed by atoms with Gasteiger partial charge in [-0.1, -0.05) is 6.42 Å². The highest BCUT2D eigenvalue weighted by Crippen LogP contribution is 2.64. The van der Waals surface area contributed by atoms with Gasteiger partial charge < -0.3 is 4.57 Å². The summed E-state index contributed by atoms with van der Waals surface area (Å²) in [6.45, 7) is 6.66. The summed E-state index contributed by atoms with van der Waals surface area (Å²) < 4.78 is 2.47. The number of H-pyrrole nitrogens is 1. The molecule has 1 unspecified atom stereocenters. The largest absolute Gasteiger partial charge is 0.315 e. The average molecular weight is 340 g/mol. The van der Waals surface area contributed by atoms with Crippen molar-refractivity contribution in [2.24, 2.45) is 5.41 Å². The molecule has 0 bridgehead atoms. The summed E-state index contributed by atoms with van der Waals surface area (Å²) in [5, 5.41) is 16.5. The third-order valence-electron chi connectivity index (χ3n) is 6.81. The van der Waals surface area contributed by atoms with Gasteiger partial charge >= 0.3 is 0 Å². The quantitative estimate of drug-likeness (QED) is 0.933. The summed E-state index contributed by atoms with van der Waals surface area (Å²) in [5.41, 5.74) is 3.05. The number of hydrogen-bond donors (Lipinski definition) is 1. The van der Waals surface area contributed by atoms with Crippen molar-refractivity contribution >= 4 is 0 Å². The van der Waals surface area contributed by atoms with Crippen LogP contribution in [0.4, 0.5) is 0 Å². The standard InChI is InChI=1S/C19H28N6/c1-14-12-20-21-16(14)13-24-9-6-19(7-10-24)11-15(19)18-23-22-17-5-3-2-4-8-25(17)18/h12,15H,2-11,13H2,1H3,(H,20,21). The summed E-state index contributed by atoms with van der Waals surface area (Å²) in [6, 6.07) is 0. The zero-order valence-corrected chi connectivity index (χ0v) is 15.2. The Hall–Kier alpha value is -1.69. The lowest BCUT2D eigenvalue weighted by atomic mass is 9.90. The molecule has 2 aromatic heterocycles. The topological polar surface area (TPSA) is 62.6 Å². The highest BCUT2D eigenvalue weighted by Gasteiger charge is 2.57. The Bertz CT molecular complexity index is 752. The van der Waals surface area contributed by atoms with Crippen LogP contribution in [0.3, 0.4) is 0 Å². The summed E-state index contributed by atoms with van der Waals surface area (Å²) in [7, 11) is 0.